The molecule has 0 spiro atoms. The van der Waals surface area contributed by atoms with Gasteiger partial charge in [-0.15, -0.1) is 5.92 Å². The van der Waals surface area contributed by atoms with Crippen molar-refractivity contribution in [3.63, 3.8) is 0 Å². The molecule has 0 aromatic heterocycles. The van der Waals surface area contributed by atoms with Gasteiger partial charge in [0.15, 0.2) is 9.84 Å². The lowest BCUT2D eigenvalue weighted by Crippen LogP contribution is -2.08. The first-order valence-corrected chi connectivity index (χ1v) is 6.04. The molecule has 0 aliphatic carbocycles. The van der Waals surface area contributed by atoms with Crippen molar-refractivity contribution in [1.29, 1.82) is 0 Å². The lowest BCUT2D eigenvalue weighted by Gasteiger charge is -1.94. The summed E-state index contributed by atoms with van der Waals surface area (Å²) in [7, 11) is -3.17. The average Bonchev–Trinajstić information content (AvgIpc) is 2.09. The SMILES string of the molecule is CC#CCS(=O)(=O)CC#CCC(C)O. The van der Waals surface area contributed by atoms with Crippen molar-refractivity contribution in [3.8, 4) is 23.7 Å². The molecular weight excluding hydrogens is 200 g/mol. The first-order valence-electron chi connectivity index (χ1n) is 4.22. The molecule has 0 aromatic carbocycles. The maximum absolute atomic E-state index is 11.2. The Hall–Kier alpha value is -0.970. The Kier molecular flexibility index (Phi) is 6.03. The van der Waals surface area contributed by atoms with Crippen molar-refractivity contribution in [3.05, 3.63) is 0 Å². The molecule has 14 heavy (non-hydrogen) atoms. The fourth-order valence-corrected chi connectivity index (χ4v) is 1.40. The Morgan fingerprint density at radius 3 is 2.29 bits per heavy atom. The summed E-state index contributed by atoms with van der Waals surface area (Å²) in [6.07, 6.45) is -0.213. The Bertz CT molecular complexity index is 371. The van der Waals surface area contributed by atoms with Crippen LogP contribution in [0.4, 0.5) is 0 Å². The third-order valence-electron chi connectivity index (χ3n) is 1.28. The van der Waals surface area contributed by atoms with Gasteiger partial charge in [0, 0.05) is 6.42 Å². The standard InChI is InChI=1S/C10H14O3S/c1-3-4-8-14(12,13)9-6-5-7-10(2)11/h10-11H,7-9H2,1-2H3. The summed E-state index contributed by atoms with van der Waals surface area (Å²) in [5.41, 5.74) is 0. The maximum Gasteiger partial charge on any atom is 0.172 e. The third-order valence-corrected chi connectivity index (χ3v) is 2.45. The van der Waals surface area contributed by atoms with E-state index in [1.165, 1.54) is 0 Å². The number of rotatable bonds is 3. The van der Waals surface area contributed by atoms with Crippen LogP contribution >= 0.6 is 0 Å². The van der Waals surface area contributed by atoms with E-state index in [4.69, 9.17) is 5.11 Å². The molecule has 0 bridgehead atoms. The summed E-state index contributed by atoms with van der Waals surface area (Å²) >= 11 is 0. The van der Waals surface area contributed by atoms with Crippen molar-refractivity contribution < 1.29 is 13.5 Å². The minimum atomic E-state index is -3.17. The van der Waals surface area contributed by atoms with Crippen molar-refractivity contribution in [2.24, 2.45) is 0 Å². The van der Waals surface area contributed by atoms with Gasteiger partial charge in [-0.2, -0.15) is 0 Å². The van der Waals surface area contributed by atoms with Crippen LogP contribution in [0.25, 0.3) is 0 Å². The van der Waals surface area contributed by atoms with E-state index in [0.29, 0.717) is 6.42 Å². The van der Waals surface area contributed by atoms with Gasteiger partial charge in [-0.3, -0.25) is 0 Å². The molecule has 1 unspecified atom stereocenters. The second-order valence-corrected chi connectivity index (χ2v) is 4.93. The van der Waals surface area contributed by atoms with Crippen molar-refractivity contribution in [1.82, 2.24) is 0 Å². The zero-order chi connectivity index (χ0) is 11.0. The number of aliphatic hydroxyl groups is 1. The van der Waals surface area contributed by atoms with Crippen LogP contribution in [0.2, 0.25) is 0 Å². The van der Waals surface area contributed by atoms with Gasteiger partial charge in [0.1, 0.15) is 11.5 Å². The van der Waals surface area contributed by atoms with Crippen LogP contribution in [0.3, 0.4) is 0 Å². The van der Waals surface area contributed by atoms with Gasteiger partial charge < -0.3 is 5.11 Å². The molecule has 1 atom stereocenters. The van der Waals surface area contributed by atoms with Crippen LogP contribution in [0.15, 0.2) is 0 Å². The Labute approximate surface area is 85.4 Å². The molecule has 0 rings (SSSR count). The number of sulfone groups is 1. The number of hydrogen-bond donors (Lipinski definition) is 1. The molecule has 0 radical (unpaired) electrons. The number of hydrogen-bond acceptors (Lipinski definition) is 3. The highest BCUT2D eigenvalue weighted by atomic mass is 32.2. The predicted molar refractivity (Wildman–Crippen MR) is 56.2 cm³/mol. The van der Waals surface area contributed by atoms with Crippen molar-refractivity contribution in [2.45, 2.75) is 26.4 Å². The molecular formula is C10H14O3S. The second-order valence-electron chi connectivity index (χ2n) is 2.87. The van der Waals surface area contributed by atoms with Crippen LogP contribution < -0.4 is 0 Å². The first-order chi connectivity index (χ1) is 6.48. The average molecular weight is 214 g/mol. The molecule has 0 aliphatic heterocycles. The first kappa shape index (κ1) is 13.0. The van der Waals surface area contributed by atoms with E-state index < -0.39 is 15.9 Å². The molecule has 0 saturated carbocycles. The lowest BCUT2D eigenvalue weighted by atomic mass is 10.3. The van der Waals surface area contributed by atoms with E-state index in [9.17, 15) is 8.42 Å². The topological polar surface area (TPSA) is 54.4 Å². The van der Waals surface area contributed by atoms with Crippen LogP contribution in [-0.2, 0) is 9.84 Å². The van der Waals surface area contributed by atoms with E-state index >= 15 is 0 Å². The summed E-state index contributed by atoms with van der Waals surface area (Å²) < 4.78 is 22.3. The smallest absolute Gasteiger partial charge is 0.172 e. The molecule has 0 fully saturated rings. The lowest BCUT2D eigenvalue weighted by molar-refractivity contribution is 0.201. The normalized spacial score (nSPS) is 11.9. The van der Waals surface area contributed by atoms with E-state index in [2.05, 4.69) is 23.7 Å². The van der Waals surface area contributed by atoms with E-state index in [1.807, 2.05) is 0 Å². The monoisotopic (exact) mass is 214 g/mol. The highest BCUT2D eigenvalue weighted by Crippen LogP contribution is 1.89. The summed E-state index contributed by atoms with van der Waals surface area (Å²) in [6, 6.07) is 0. The van der Waals surface area contributed by atoms with E-state index in [1.54, 1.807) is 13.8 Å². The fourth-order valence-electron chi connectivity index (χ4n) is 0.614. The van der Waals surface area contributed by atoms with Crippen molar-refractivity contribution in [2.75, 3.05) is 11.5 Å². The van der Waals surface area contributed by atoms with Crippen LogP contribution in [-0.4, -0.2) is 31.1 Å². The second kappa shape index (κ2) is 6.48. The molecule has 78 valence electrons. The molecule has 1 N–H and O–H groups in total. The van der Waals surface area contributed by atoms with Gasteiger partial charge in [0.05, 0.1) is 6.10 Å². The molecule has 3 nitrogen and oxygen atoms in total. The predicted octanol–water partition coefficient (Wildman–Crippen LogP) is 0.199. The molecule has 0 aliphatic rings. The van der Waals surface area contributed by atoms with Gasteiger partial charge >= 0.3 is 0 Å². The van der Waals surface area contributed by atoms with Crippen LogP contribution in [0.5, 0.6) is 0 Å². The van der Waals surface area contributed by atoms with Gasteiger partial charge in [-0.1, -0.05) is 17.8 Å². The highest BCUT2D eigenvalue weighted by Gasteiger charge is 2.05. The molecule has 0 amide bonds. The minimum Gasteiger partial charge on any atom is -0.392 e. The number of aliphatic hydroxyl groups excluding tert-OH is 1. The summed E-state index contributed by atoms with van der Waals surface area (Å²) in [5, 5.41) is 8.85. The van der Waals surface area contributed by atoms with Gasteiger partial charge in [-0.05, 0) is 13.8 Å². The summed E-state index contributed by atoms with van der Waals surface area (Å²) in [4.78, 5) is 0. The van der Waals surface area contributed by atoms with Crippen LogP contribution in [0.1, 0.15) is 20.3 Å². The third kappa shape index (κ3) is 7.67. The van der Waals surface area contributed by atoms with Gasteiger partial charge in [0.25, 0.3) is 0 Å². The van der Waals surface area contributed by atoms with E-state index in [-0.39, 0.29) is 11.5 Å². The summed E-state index contributed by atoms with van der Waals surface area (Å²) in [6.45, 7) is 3.19. The van der Waals surface area contributed by atoms with Gasteiger partial charge in [0.2, 0.25) is 0 Å². The quantitative estimate of drug-likeness (QED) is 0.683. The summed E-state index contributed by atoms with van der Waals surface area (Å²) in [5.74, 6) is 9.76. The zero-order valence-corrected chi connectivity index (χ0v) is 9.19. The molecule has 4 heteroatoms. The Morgan fingerprint density at radius 2 is 1.79 bits per heavy atom. The van der Waals surface area contributed by atoms with E-state index in [0.717, 1.165) is 0 Å². The Balaban J connectivity index is 4.07. The highest BCUT2D eigenvalue weighted by molar-refractivity contribution is 7.91. The molecule has 0 aromatic rings. The van der Waals surface area contributed by atoms with Gasteiger partial charge in [-0.25, -0.2) is 8.42 Å². The molecule has 0 saturated heterocycles. The fraction of sp³-hybridized carbons (Fsp3) is 0.600. The van der Waals surface area contributed by atoms with Crippen molar-refractivity contribution >= 4 is 9.84 Å². The Morgan fingerprint density at radius 1 is 1.21 bits per heavy atom. The molecule has 0 heterocycles. The largest absolute Gasteiger partial charge is 0.392 e. The minimum absolute atomic E-state index is 0.146. The maximum atomic E-state index is 11.2. The zero-order valence-electron chi connectivity index (χ0n) is 8.37. The van der Waals surface area contributed by atoms with Crippen LogP contribution in [0, 0.1) is 23.7 Å².